The number of nitrogens with one attached hydrogen (secondary N) is 1. The van der Waals surface area contributed by atoms with Crippen molar-refractivity contribution < 1.29 is 9.53 Å². The summed E-state index contributed by atoms with van der Waals surface area (Å²) in [5, 5.41) is 2.93. The van der Waals surface area contributed by atoms with E-state index < -0.39 is 0 Å². The van der Waals surface area contributed by atoms with Gasteiger partial charge in [0.25, 0.3) is 0 Å². The predicted molar refractivity (Wildman–Crippen MR) is 86.2 cm³/mol. The first-order valence-electron chi connectivity index (χ1n) is 6.75. The maximum absolute atomic E-state index is 12.3. The molecule has 2 amide bonds. The number of carbonyl (C=O) groups excluding carboxylic acids is 1. The lowest BCUT2D eigenvalue weighted by molar-refractivity contribution is 0.150. The zero-order valence-corrected chi connectivity index (χ0v) is 14.2. The van der Waals surface area contributed by atoms with Crippen LogP contribution in [0, 0.1) is 12.8 Å². The fourth-order valence-corrected chi connectivity index (χ4v) is 2.17. The summed E-state index contributed by atoms with van der Waals surface area (Å²) in [5.41, 5.74) is 1.93. The highest BCUT2D eigenvalue weighted by molar-refractivity contribution is 9.10. The fraction of sp³-hybridized carbons (Fsp3) is 0.533. The van der Waals surface area contributed by atoms with Crippen LogP contribution in [0.3, 0.4) is 0 Å². The molecule has 0 spiro atoms. The van der Waals surface area contributed by atoms with E-state index in [-0.39, 0.29) is 6.03 Å². The number of rotatable bonds is 6. The van der Waals surface area contributed by atoms with Crippen LogP contribution in [0.5, 0.6) is 0 Å². The van der Waals surface area contributed by atoms with Gasteiger partial charge in [-0.2, -0.15) is 0 Å². The largest absolute Gasteiger partial charge is 0.383 e. The molecule has 0 aliphatic carbocycles. The minimum Gasteiger partial charge on any atom is -0.383 e. The molecule has 0 heterocycles. The molecule has 1 N–H and O–H groups in total. The summed E-state index contributed by atoms with van der Waals surface area (Å²) in [4.78, 5) is 14.1. The van der Waals surface area contributed by atoms with Crippen LogP contribution < -0.4 is 5.32 Å². The van der Waals surface area contributed by atoms with Crippen molar-refractivity contribution in [2.75, 3.05) is 32.1 Å². The third-order valence-corrected chi connectivity index (χ3v) is 3.72. The van der Waals surface area contributed by atoms with Gasteiger partial charge < -0.3 is 15.0 Å². The van der Waals surface area contributed by atoms with Crippen molar-refractivity contribution in [2.24, 2.45) is 5.92 Å². The number of nitrogens with zero attached hydrogens (tertiary/aromatic N) is 1. The van der Waals surface area contributed by atoms with Gasteiger partial charge in [-0.15, -0.1) is 0 Å². The van der Waals surface area contributed by atoms with Gasteiger partial charge in [0, 0.05) is 30.4 Å². The highest BCUT2D eigenvalue weighted by Gasteiger charge is 2.15. The molecule has 1 rings (SSSR count). The van der Waals surface area contributed by atoms with E-state index in [1.807, 2.05) is 25.1 Å². The van der Waals surface area contributed by atoms with Crippen molar-refractivity contribution in [1.82, 2.24) is 4.90 Å². The molecule has 0 unspecified atom stereocenters. The van der Waals surface area contributed by atoms with Gasteiger partial charge in [0.05, 0.1) is 6.61 Å². The van der Waals surface area contributed by atoms with Gasteiger partial charge in [0.2, 0.25) is 0 Å². The Kier molecular flexibility index (Phi) is 7.02. The second-order valence-electron chi connectivity index (χ2n) is 5.23. The SMILES string of the molecule is COCCN(CC(C)C)C(=O)Nc1ccc(C)c(Br)c1. The Morgan fingerprint density at radius 2 is 2.15 bits per heavy atom. The second kappa shape index (κ2) is 8.27. The topological polar surface area (TPSA) is 41.6 Å². The van der Waals surface area contributed by atoms with E-state index in [1.165, 1.54) is 0 Å². The van der Waals surface area contributed by atoms with E-state index in [0.29, 0.717) is 25.6 Å². The average Bonchev–Trinajstić information content (AvgIpc) is 2.38. The normalized spacial score (nSPS) is 10.7. The molecule has 1 aromatic rings. The molecule has 112 valence electrons. The Morgan fingerprint density at radius 3 is 2.70 bits per heavy atom. The minimum absolute atomic E-state index is 0.0912. The summed E-state index contributed by atoms with van der Waals surface area (Å²) in [5.74, 6) is 0.419. The number of ether oxygens (including phenoxy) is 1. The second-order valence-corrected chi connectivity index (χ2v) is 6.08. The lowest BCUT2D eigenvalue weighted by atomic mass is 10.2. The Labute approximate surface area is 129 Å². The van der Waals surface area contributed by atoms with Crippen LogP contribution in [-0.4, -0.2) is 37.7 Å². The lowest BCUT2D eigenvalue weighted by Gasteiger charge is -2.24. The van der Waals surface area contributed by atoms with Crippen LogP contribution in [-0.2, 0) is 4.74 Å². The van der Waals surface area contributed by atoms with Gasteiger partial charge in [-0.1, -0.05) is 35.8 Å². The number of aryl methyl sites for hydroxylation is 1. The summed E-state index contributed by atoms with van der Waals surface area (Å²) >= 11 is 3.47. The zero-order chi connectivity index (χ0) is 15.1. The number of hydrogen-bond acceptors (Lipinski definition) is 2. The Morgan fingerprint density at radius 1 is 1.45 bits per heavy atom. The fourth-order valence-electron chi connectivity index (χ4n) is 1.79. The first-order chi connectivity index (χ1) is 9.43. The van der Waals surface area contributed by atoms with E-state index in [0.717, 1.165) is 15.7 Å². The van der Waals surface area contributed by atoms with Crippen LogP contribution in [0.1, 0.15) is 19.4 Å². The average molecular weight is 343 g/mol. The van der Waals surface area contributed by atoms with Crippen molar-refractivity contribution >= 4 is 27.6 Å². The van der Waals surface area contributed by atoms with Crippen LogP contribution in [0.4, 0.5) is 10.5 Å². The van der Waals surface area contributed by atoms with Crippen molar-refractivity contribution in [2.45, 2.75) is 20.8 Å². The number of carbonyl (C=O) groups is 1. The summed E-state index contributed by atoms with van der Waals surface area (Å²) in [6.45, 7) is 8.04. The Bertz CT molecular complexity index is 449. The Hall–Kier alpha value is -1.07. The molecular formula is C15H23BrN2O2. The molecule has 0 aromatic heterocycles. The molecule has 20 heavy (non-hydrogen) atoms. The maximum Gasteiger partial charge on any atom is 0.321 e. The first-order valence-corrected chi connectivity index (χ1v) is 7.54. The van der Waals surface area contributed by atoms with Crippen LogP contribution >= 0.6 is 15.9 Å². The number of hydrogen-bond donors (Lipinski definition) is 1. The van der Waals surface area contributed by atoms with Gasteiger partial charge in [-0.3, -0.25) is 0 Å². The first kappa shape index (κ1) is 17.0. The molecule has 0 aliphatic heterocycles. The van der Waals surface area contributed by atoms with Gasteiger partial charge >= 0.3 is 6.03 Å². The summed E-state index contributed by atoms with van der Waals surface area (Å²) < 4.78 is 6.05. The smallest absolute Gasteiger partial charge is 0.321 e. The molecule has 0 radical (unpaired) electrons. The molecule has 1 aromatic carbocycles. The molecule has 0 saturated heterocycles. The van der Waals surface area contributed by atoms with E-state index in [4.69, 9.17) is 4.74 Å². The third-order valence-electron chi connectivity index (χ3n) is 2.86. The molecule has 4 nitrogen and oxygen atoms in total. The summed E-state index contributed by atoms with van der Waals surface area (Å²) in [6.07, 6.45) is 0. The predicted octanol–water partition coefficient (Wildman–Crippen LogP) is 3.89. The maximum atomic E-state index is 12.3. The highest BCUT2D eigenvalue weighted by Crippen LogP contribution is 2.20. The molecule has 0 atom stereocenters. The summed E-state index contributed by atoms with van der Waals surface area (Å²) in [7, 11) is 1.64. The van der Waals surface area contributed by atoms with Gasteiger partial charge in [-0.05, 0) is 30.5 Å². The van der Waals surface area contributed by atoms with Crippen molar-refractivity contribution in [1.29, 1.82) is 0 Å². The van der Waals surface area contributed by atoms with Crippen LogP contribution in [0.25, 0.3) is 0 Å². The molecule has 0 fully saturated rings. The number of anilines is 1. The van der Waals surface area contributed by atoms with Gasteiger partial charge in [-0.25, -0.2) is 4.79 Å². The molecule has 0 aliphatic rings. The van der Waals surface area contributed by atoms with E-state index in [2.05, 4.69) is 35.1 Å². The van der Waals surface area contributed by atoms with Crippen molar-refractivity contribution in [3.05, 3.63) is 28.2 Å². The van der Waals surface area contributed by atoms with E-state index in [9.17, 15) is 4.79 Å². The molecule has 0 saturated carbocycles. The standard InChI is InChI=1S/C15H23BrN2O2/c1-11(2)10-18(7-8-20-4)15(19)17-13-6-5-12(3)14(16)9-13/h5-6,9,11H,7-8,10H2,1-4H3,(H,17,19). The van der Waals surface area contributed by atoms with Gasteiger partial charge in [0.1, 0.15) is 0 Å². The molecule has 5 heteroatoms. The quantitative estimate of drug-likeness (QED) is 0.851. The number of methoxy groups -OCH3 is 1. The van der Waals surface area contributed by atoms with E-state index in [1.54, 1.807) is 12.0 Å². The van der Waals surface area contributed by atoms with Crippen LogP contribution in [0.15, 0.2) is 22.7 Å². The monoisotopic (exact) mass is 342 g/mol. The highest BCUT2D eigenvalue weighted by atomic mass is 79.9. The molecule has 0 bridgehead atoms. The van der Waals surface area contributed by atoms with Crippen molar-refractivity contribution in [3.63, 3.8) is 0 Å². The number of benzene rings is 1. The molecular weight excluding hydrogens is 320 g/mol. The van der Waals surface area contributed by atoms with E-state index >= 15 is 0 Å². The zero-order valence-electron chi connectivity index (χ0n) is 12.6. The van der Waals surface area contributed by atoms with Gasteiger partial charge in [0.15, 0.2) is 0 Å². The Balaban J connectivity index is 2.70. The lowest BCUT2D eigenvalue weighted by Crippen LogP contribution is -2.39. The summed E-state index contributed by atoms with van der Waals surface area (Å²) in [6, 6.07) is 5.70. The van der Waals surface area contributed by atoms with Crippen LogP contribution in [0.2, 0.25) is 0 Å². The third kappa shape index (κ3) is 5.51. The minimum atomic E-state index is -0.0912. The number of urea groups is 1. The van der Waals surface area contributed by atoms with Crippen molar-refractivity contribution in [3.8, 4) is 0 Å². The number of amides is 2. The number of halogens is 1.